The average molecular weight is 262 g/mol. The van der Waals surface area contributed by atoms with Crippen molar-refractivity contribution in [3.63, 3.8) is 0 Å². The molecule has 0 aliphatic carbocycles. The van der Waals surface area contributed by atoms with Gasteiger partial charge in [0.15, 0.2) is 0 Å². The molecule has 0 spiro atoms. The minimum Gasteiger partial charge on any atom is -0.316 e. The first-order valence-electron chi connectivity index (χ1n) is 3.20. The van der Waals surface area contributed by atoms with Crippen LogP contribution in [0.3, 0.4) is 0 Å². The summed E-state index contributed by atoms with van der Waals surface area (Å²) in [7, 11) is 0. The molecule has 0 bridgehead atoms. The van der Waals surface area contributed by atoms with E-state index in [2.05, 4.69) is 27.9 Å². The molecule has 3 heteroatoms. The molecule has 1 aliphatic rings. The molecule has 1 atom stereocenters. The molecule has 1 aliphatic heterocycles. The molecule has 0 unspecified atom stereocenters. The van der Waals surface area contributed by atoms with Gasteiger partial charge in [-0.05, 0) is 36.3 Å². The van der Waals surface area contributed by atoms with Crippen molar-refractivity contribution in [2.75, 3.05) is 17.5 Å². The lowest BCUT2D eigenvalue weighted by Gasteiger charge is -2.01. The first kappa shape index (κ1) is 9.98. The van der Waals surface area contributed by atoms with Crippen LogP contribution in [0.1, 0.15) is 12.8 Å². The van der Waals surface area contributed by atoms with E-state index in [-0.39, 0.29) is 12.4 Å². The maximum Gasteiger partial charge on any atom is -0.000161 e. The van der Waals surface area contributed by atoms with Gasteiger partial charge in [0.05, 0.1) is 0 Å². The Bertz CT molecular complexity index is 64.1. The van der Waals surface area contributed by atoms with E-state index in [9.17, 15) is 0 Å². The molecule has 1 fully saturated rings. The van der Waals surface area contributed by atoms with E-state index < -0.39 is 0 Å². The Morgan fingerprint density at radius 3 is 2.78 bits per heavy atom. The van der Waals surface area contributed by atoms with Crippen LogP contribution in [0.2, 0.25) is 0 Å². The zero-order valence-electron chi connectivity index (χ0n) is 5.40. The third-order valence-electron chi connectivity index (χ3n) is 1.68. The zero-order chi connectivity index (χ0) is 5.82. The first-order valence-corrected chi connectivity index (χ1v) is 4.72. The first-order chi connectivity index (χ1) is 3.93. The zero-order valence-corrected chi connectivity index (χ0v) is 8.37. The number of nitrogens with one attached hydrogen (secondary N) is 1. The largest absolute Gasteiger partial charge is 0.316 e. The number of hydrogen-bond acceptors (Lipinski definition) is 1. The number of alkyl halides is 1. The molecule has 0 amide bonds. The highest BCUT2D eigenvalue weighted by Crippen LogP contribution is 2.12. The van der Waals surface area contributed by atoms with Crippen molar-refractivity contribution < 1.29 is 0 Å². The molecule has 0 radical (unpaired) electrons. The maximum absolute atomic E-state index is 3.35. The summed E-state index contributed by atoms with van der Waals surface area (Å²) in [4.78, 5) is 0. The van der Waals surface area contributed by atoms with E-state index in [1.54, 1.807) is 0 Å². The van der Waals surface area contributed by atoms with Gasteiger partial charge in [0.25, 0.3) is 0 Å². The molecule has 9 heavy (non-hydrogen) atoms. The van der Waals surface area contributed by atoms with Gasteiger partial charge in [0, 0.05) is 0 Å². The fourth-order valence-corrected chi connectivity index (χ4v) is 2.00. The van der Waals surface area contributed by atoms with E-state index in [1.807, 2.05) is 0 Å². The van der Waals surface area contributed by atoms with E-state index >= 15 is 0 Å². The third-order valence-corrected chi connectivity index (χ3v) is 2.30. The summed E-state index contributed by atoms with van der Waals surface area (Å²) in [6, 6.07) is 0. The number of rotatable bonds is 2. The summed E-state index contributed by atoms with van der Waals surface area (Å²) < 4.78 is 1.32. The van der Waals surface area contributed by atoms with E-state index in [4.69, 9.17) is 0 Å². The van der Waals surface area contributed by atoms with Crippen LogP contribution in [0.5, 0.6) is 0 Å². The Morgan fingerprint density at radius 2 is 2.33 bits per heavy atom. The summed E-state index contributed by atoms with van der Waals surface area (Å²) in [6.07, 6.45) is 2.82. The predicted octanol–water partition coefficient (Wildman–Crippen LogP) is 1.84. The molecule has 1 nitrogen and oxygen atoms in total. The summed E-state index contributed by atoms with van der Waals surface area (Å²) in [5.74, 6) is 0.992. The summed E-state index contributed by atoms with van der Waals surface area (Å²) in [6.45, 7) is 2.52. The van der Waals surface area contributed by atoms with Crippen LogP contribution in [0, 0.1) is 5.92 Å². The second kappa shape index (κ2) is 5.74. The topological polar surface area (TPSA) is 12.0 Å². The van der Waals surface area contributed by atoms with Crippen molar-refractivity contribution in [1.29, 1.82) is 0 Å². The van der Waals surface area contributed by atoms with Gasteiger partial charge in [0.1, 0.15) is 0 Å². The minimum atomic E-state index is 0. The predicted molar refractivity (Wildman–Crippen MR) is 51.7 cm³/mol. The Labute approximate surface area is 76.5 Å². The lowest BCUT2D eigenvalue weighted by atomic mass is 10.1. The lowest BCUT2D eigenvalue weighted by molar-refractivity contribution is 0.572. The normalized spacial score (nSPS) is 25.7. The van der Waals surface area contributed by atoms with Crippen molar-refractivity contribution in [1.82, 2.24) is 5.32 Å². The highest BCUT2D eigenvalue weighted by molar-refractivity contribution is 14.1. The van der Waals surface area contributed by atoms with Crippen molar-refractivity contribution in [3.8, 4) is 0 Å². The number of halogens is 2. The van der Waals surface area contributed by atoms with E-state index in [0.717, 1.165) is 5.92 Å². The SMILES string of the molecule is Cl.ICC[C@H]1CCNC1. The minimum absolute atomic E-state index is 0. The molecule has 1 saturated heterocycles. The molecule has 1 N–H and O–H groups in total. The molecule has 0 aromatic carbocycles. The summed E-state index contributed by atoms with van der Waals surface area (Å²) in [5, 5.41) is 3.35. The monoisotopic (exact) mass is 261 g/mol. The maximum atomic E-state index is 3.35. The van der Waals surface area contributed by atoms with Crippen LogP contribution in [0.25, 0.3) is 0 Å². The van der Waals surface area contributed by atoms with Gasteiger partial charge < -0.3 is 5.32 Å². The summed E-state index contributed by atoms with van der Waals surface area (Å²) in [5.41, 5.74) is 0. The Hall–Kier alpha value is 0.980. The Kier molecular flexibility index (Phi) is 6.37. The van der Waals surface area contributed by atoms with Crippen molar-refractivity contribution in [2.45, 2.75) is 12.8 Å². The van der Waals surface area contributed by atoms with Crippen molar-refractivity contribution >= 4 is 35.0 Å². The van der Waals surface area contributed by atoms with E-state index in [1.165, 1.54) is 30.4 Å². The van der Waals surface area contributed by atoms with Crippen LogP contribution in [0.15, 0.2) is 0 Å². The smallest absolute Gasteiger partial charge is 0.000161 e. The van der Waals surface area contributed by atoms with Gasteiger partial charge in [-0.25, -0.2) is 0 Å². The van der Waals surface area contributed by atoms with Gasteiger partial charge in [-0.3, -0.25) is 0 Å². The molecular formula is C6H13ClIN. The molecule has 56 valence electrons. The number of hydrogen-bond donors (Lipinski definition) is 1. The molecule has 1 heterocycles. The highest BCUT2D eigenvalue weighted by atomic mass is 127. The van der Waals surface area contributed by atoms with Crippen molar-refractivity contribution in [2.24, 2.45) is 5.92 Å². The molecule has 0 aromatic heterocycles. The third kappa shape index (κ3) is 3.63. The van der Waals surface area contributed by atoms with Crippen LogP contribution < -0.4 is 5.32 Å². The lowest BCUT2D eigenvalue weighted by Crippen LogP contribution is -2.08. The summed E-state index contributed by atoms with van der Waals surface area (Å²) >= 11 is 2.45. The quantitative estimate of drug-likeness (QED) is 0.591. The Morgan fingerprint density at radius 1 is 1.56 bits per heavy atom. The standard InChI is InChI=1S/C6H12IN.ClH/c7-3-1-6-2-4-8-5-6;/h6,8H,1-5H2;1H/t6-;/m0./s1. The van der Waals surface area contributed by atoms with Gasteiger partial charge in [-0.2, -0.15) is 0 Å². The second-order valence-corrected chi connectivity index (χ2v) is 3.42. The van der Waals surface area contributed by atoms with Crippen LogP contribution in [-0.2, 0) is 0 Å². The molecule has 1 rings (SSSR count). The average Bonchev–Trinajstić information content (AvgIpc) is 2.19. The Balaban J connectivity index is 0.000000640. The van der Waals surface area contributed by atoms with Gasteiger partial charge >= 0.3 is 0 Å². The fraction of sp³-hybridized carbons (Fsp3) is 1.00. The van der Waals surface area contributed by atoms with E-state index in [0.29, 0.717) is 0 Å². The second-order valence-electron chi connectivity index (χ2n) is 2.34. The molecule has 0 aromatic rings. The van der Waals surface area contributed by atoms with Gasteiger partial charge in [-0.15, -0.1) is 12.4 Å². The van der Waals surface area contributed by atoms with Crippen LogP contribution in [0.4, 0.5) is 0 Å². The van der Waals surface area contributed by atoms with Crippen molar-refractivity contribution in [3.05, 3.63) is 0 Å². The van der Waals surface area contributed by atoms with Gasteiger partial charge in [0.2, 0.25) is 0 Å². The van der Waals surface area contributed by atoms with Crippen LogP contribution in [-0.4, -0.2) is 17.5 Å². The van der Waals surface area contributed by atoms with Gasteiger partial charge in [-0.1, -0.05) is 22.6 Å². The van der Waals surface area contributed by atoms with Crippen LogP contribution >= 0.6 is 35.0 Å². The molecule has 0 saturated carbocycles. The highest BCUT2D eigenvalue weighted by Gasteiger charge is 2.12. The molecular weight excluding hydrogens is 248 g/mol. The fourth-order valence-electron chi connectivity index (χ4n) is 1.12.